The number of carbonyl (C=O) groups is 1. The highest BCUT2D eigenvalue weighted by atomic mass is 19.4. The fraction of sp³-hybridized carbons (Fsp3) is 0.611. The number of halogens is 3. The molecule has 1 atom stereocenters. The van der Waals surface area contributed by atoms with Gasteiger partial charge in [0.15, 0.2) is 0 Å². The van der Waals surface area contributed by atoms with E-state index in [2.05, 4.69) is 5.32 Å². The zero-order chi connectivity index (χ0) is 19.1. The molecule has 0 aliphatic carbocycles. The van der Waals surface area contributed by atoms with Gasteiger partial charge >= 0.3 is 6.18 Å². The molecule has 0 bridgehead atoms. The van der Waals surface area contributed by atoms with E-state index in [1.807, 2.05) is 13.8 Å². The second-order valence-electron chi connectivity index (χ2n) is 6.05. The Morgan fingerprint density at radius 2 is 1.88 bits per heavy atom. The molecule has 0 heterocycles. The zero-order valence-electron chi connectivity index (χ0n) is 15.1. The summed E-state index contributed by atoms with van der Waals surface area (Å²) >= 11 is 0. The number of benzene rings is 1. The molecule has 0 aliphatic heterocycles. The number of methoxy groups -OCH3 is 1. The minimum atomic E-state index is -4.57. The summed E-state index contributed by atoms with van der Waals surface area (Å²) in [5.41, 5.74) is -1.96. The SMILES string of the molecule is CCCC[C@](C)(OCCC)C(=O)Nc1ccc(OC)c(C(F)(F)F)c1. The number of unbranched alkanes of at least 4 members (excludes halogenated alkanes) is 1. The van der Waals surface area contributed by atoms with Gasteiger partial charge in [0.25, 0.3) is 5.91 Å². The summed E-state index contributed by atoms with van der Waals surface area (Å²) in [4.78, 5) is 12.6. The van der Waals surface area contributed by atoms with Crippen LogP contribution in [0.25, 0.3) is 0 Å². The van der Waals surface area contributed by atoms with E-state index >= 15 is 0 Å². The number of rotatable bonds is 9. The lowest BCUT2D eigenvalue weighted by molar-refractivity contribution is -0.141. The third-order valence-corrected chi connectivity index (χ3v) is 3.88. The van der Waals surface area contributed by atoms with Crippen molar-refractivity contribution in [2.75, 3.05) is 19.0 Å². The maximum absolute atomic E-state index is 13.1. The molecule has 0 aliphatic rings. The van der Waals surface area contributed by atoms with Gasteiger partial charge in [0, 0.05) is 12.3 Å². The van der Waals surface area contributed by atoms with Crippen molar-refractivity contribution in [3.8, 4) is 5.75 Å². The fourth-order valence-electron chi connectivity index (χ4n) is 2.36. The number of hydrogen-bond donors (Lipinski definition) is 1. The number of nitrogens with one attached hydrogen (secondary N) is 1. The lowest BCUT2D eigenvalue weighted by Crippen LogP contribution is -2.43. The smallest absolute Gasteiger partial charge is 0.420 e. The summed E-state index contributed by atoms with van der Waals surface area (Å²) in [6.45, 7) is 6.00. The number of alkyl halides is 3. The van der Waals surface area contributed by atoms with Crippen LogP contribution in [-0.4, -0.2) is 25.2 Å². The molecule has 1 rings (SSSR count). The maximum Gasteiger partial charge on any atom is 0.420 e. The Morgan fingerprint density at radius 1 is 1.20 bits per heavy atom. The Hall–Kier alpha value is -1.76. The van der Waals surface area contributed by atoms with Crippen LogP contribution in [0.2, 0.25) is 0 Å². The first-order valence-electron chi connectivity index (χ1n) is 8.38. The Balaban J connectivity index is 3.03. The summed E-state index contributed by atoms with van der Waals surface area (Å²) in [6, 6.07) is 3.44. The largest absolute Gasteiger partial charge is 0.496 e. The highest BCUT2D eigenvalue weighted by Gasteiger charge is 2.36. The fourth-order valence-corrected chi connectivity index (χ4v) is 2.36. The molecule has 7 heteroatoms. The number of ether oxygens (including phenoxy) is 2. The zero-order valence-corrected chi connectivity index (χ0v) is 15.1. The van der Waals surface area contributed by atoms with Crippen LogP contribution in [0, 0.1) is 0 Å². The Labute approximate surface area is 146 Å². The molecule has 0 radical (unpaired) electrons. The molecular weight excluding hydrogens is 335 g/mol. The highest BCUT2D eigenvalue weighted by molar-refractivity contribution is 5.97. The maximum atomic E-state index is 13.1. The molecule has 0 saturated heterocycles. The second kappa shape index (κ2) is 9.08. The van der Waals surface area contributed by atoms with E-state index in [4.69, 9.17) is 9.47 Å². The normalized spacial score (nSPS) is 14.0. The first-order valence-corrected chi connectivity index (χ1v) is 8.38. The molecular formula is C18H26F3NO3. The van der Waals surface area contributed by atoms with E-state index in [-0.39, 0.29) is 11.4 Å². The summed E-state index contributed by atoms with van der Waals surface area (Å²) in [5, 5.41) is 2.54. The van der Waals surface area contributed by atoms with Crippen LogP contribution >= 0.6 is 0 Å². The van der Waals surface area contributed by atoms with Gasteiger partial charge in [-0.25, -0.2) is 0 Å². The number of hydrogen-bond acceptors (Lipinski definition) is 3. The van der Waals surface area contributed by atoms with Gasteiger partial charge in [-0.05, 0) is 38.0 Å². The van der Waals surface area contributed by atoms with Gasteiger partial charge in [-0.2, -0.15) is 13.2 Å². The molecule has 1 N–H and O–H groups in total. The van der Waals surface area contributed by atoms with Gasteiger partial charge < -0.3 is 14.8 Å². The predicted octanol–water partition coefficient (Wildman–Crippen LogP) is 5.03. The second-order valence-corrected chi connectivity index (χ2v) is 6.05. The van der Waals surface area contributed by atoms with Crippen LogP contribution in [0.15, 0.2) is 18.2 Å². The van der Waals surface area contributed by atoms with Crippen LogP contribution in [0.3, 0.4) is 0 Å². The Kier molecular flexibility index (Phi) is 7.73. The lowest BCUT2D eigenvalue weighted by Gasteiger charge is -2.29. The van der Waals surface area contributed by atoms with Gasteiger partial charge in [0.2, 0.25) is 0 Å². The molecule has 25 heavy (non-hydrogen) atoms. The standard InChI is InChI=1S/C18H26F3NO3/c1-5-7-10-17(3,25-11-6-2)16(23)22-13-8-9-15(24-4)14(12-13)18(19,20)21/h8-9,12H,5-7,10-11H2,1-4H3,(H,22,23)/t17-/m0/s1. The third-order valence-electron chi connectivity index (χ3n) is 3.88. The summed E-state index contributed by atoms with van der Waals surface area (Å²) in [7, 11) is 1.17. The average molecular weight is 361 g/mol. The van der Waals surface area contributed by atoms with Gasteiger partial charge in [0.05, 0.1) is 12.7 Å². The van der Waals surface area contributed by atoms with Crippen molar-refractivity contribution >= 4 is 11.6 Å². The van der Waals surface area contributed by atoms with Crippen LogP contribution in [0.4, 0.5) is 18.9 Å². The van der Waals surface area contributed by atoms with Crippen LogP contribution < -0.4 is 10.1 Å². The van der Waals surface area contributed by atoms with Crippen molar-refractivity contribution in [3.63, 3.8) is 0 Å². The van der Waals surface area contributed by atoms with E-state index in [0.717, 1.165) is 25.3 Å². The van der Waals surface area contributed by atoms with Gasteiger partial charge in [0.1, 0.15) is 11.4 Å². The lowest BCUT2D eigenvalue weighted by atomic mass is 9.97. The Morgan fingerprint density at radius 3 is 2.40 bits per heavy atom. The van der Waals surface area contributed by atoms with E-state index in [1.165, 1.54) is 19.2 Å². The number of anilines is 1. The monoisotopic (exact) mass is 361 g/mol. The first kappa shape index (κ1) is 21.3. The molecule has 1 aromatic rings. The van der Waals surface area contributed by atoms with Gasteiger partial charge in [-0.3, -0.25) is 4.79 Å². The van der Waals surface area contributed by atoms with Crippen LogP contribution in [0.1, 0.15) is 52.0 Å². The van der Waals surface area contributed by atoms with Crippen molar-refractivity contribution in [2.45, 2.75) is 58.2 Å². The van der Waals surface area contributed by atoms with E-state index < -0.39 is 23.2 Å². The quantitative estimate of drug-likeness (QED) is 0.671. The molecule has 0 unspecified atom stereocenters. The van der Waals surface area contributed by atoms with E-state index in [9.17, 15) is 18.0 Å². The van der Waals surface area contributed by atoms with Crippen molar-refractivity contribution in [3.05, 3.63) is 23.8 Å². The van der Waals surface area contributed by atoms with Gasteiger partial charge in [-0.1, -0.05) is 26.7 Å². The summed E-state index contributed by atoms with van der Waals surface area (Å²) in [5.74, 6) is -0.742. The molecule has 142 valence electrons. The minimum Gasteiger partial charge on any atom is -0.496 e. The predicted molar refractivity (Wildman–Crippen MR) is 90.8 cm³/mol. The first-order chi connectivity index (χ1) is 11.7. The number of amides is 1. The molecule has 1 amide bonds. The molecule has 0 spiro atoms. The van der Waals surface area contributed by atoms with Crippen molar-refractivity contribution < 1.29 is 27.4 Å². The summed E-state index contributed by atoms with van der Waals surface area (Å²) < 4.78 is 49.8. The Bertz CT molecular complexity index is 565. The molecule has 0 saturated carbocycles. The third kappa shape index (κ3) is 5.92. The molecule has 0 fully saturated rings. The topological polar surface area (TPSA) is 47.6 Å². The van der Waals surface area contributed by atoms with E-state index in [1.54, 1.807) is 6.92 Å². The van der Waals surface area contributed by atoms with Crippen molar-refractivity contribution in [1.29, 1.82) is 0 Å². The summed E-state index contributed by atoms with van der Waals surface area (Å²) in [6.07, 6.45) is -1.66. The number of carbonyl (C=O) groups excluding carboxylic acids is 1. The van der Waals surface area contributed by atoms with Crippen molar-refractivity contribution in [2.24, 2.45) is 0 Å². The van der Waals surface area contributed by atoms with E-state index in [0.29, 0.717) is 13.0 Å². The molecule has 0 aromatic heterocycles. The highest BCUT2D eigenvalue weighted by Crippen LogP contribution is 2.38. The van der Waals surface area contributed by atoms with Gasteiger partial charge in [-0.15, -0.1) is 0 Å². The molecule has 1 aromatic carbocycles. The average Bonchev–Trinajstić information content (AvgIpc) is 2.57. The van der Waals surface area contributed by atoms with Crippen LogP contribution in [-0.2, 0) is 15.7 Å². The minimum absolute atomic E-state index is 0.0564. The van der Waals surface area contributed by atoms with Crippen molar-refractivity contribution in [1.82, 2.24) is 0 Å². The molecule has 4 nitrogen and oxygen atoms in total. The van der Waals surface area contributed by atoms with Crippen LogP contribution in [0.5, 0.6) is 5.75 Å².